The highest BCUT2D eigenvalue weighted by Crippen LogP contribution is 2.29. The third-order valence-electron chi connectivity index (χ3n) is 1.86. The lowest BCUT2D eigenvalue weighted by Gasteiger charge is -2.07. The fourth-order valence-corrected chi connectivity index (χ4v) is 1.12. The van der Waals surface area contributed by atoms with Crippen LogP contribution in [0, 0.1) is 0 Å². The molecule has 86 valence electrons. The first-order valence-electron chi connectivity index (χ1n) is 4.23. The third kappa shape index (κ3) is 3.08. The highest BCUT2D eigenvalue weighted by atomic mass is 19.4. The van der Waals surface area contributed by atoms with E-state index in [4.69, 9.17) is 5.11 Å². The largest absolute Gasteiger partial charge is 0.475 e. The monoisotopic (exact) mass is 232 g/mol. The van der Waals surface area contributed by atoms with Crippen LogP contribution in [0.2, 0.25) is 0 Å². The van der Waals surface area contributed by atoms with Gasteiger partial charge in [0.25, 0.3) is 0 Å². The van der Waals surface area contributed by atoms with Crippen LogP contribution in [-0.4, -0.2) is 16.9 Å². The Kier molecular flexibility index (Phi) is 3.31. The number of Topliss-reactive ketones (excluding diaryl/α,β-unsaturated/α-hetero) is 1. The van der Waals surface area contributed by atoms with Gasteiger partial charge in [0, 0.05) is 6.42 Å². The number of hydrogen-bond donors (Lipinski definition) is 1. The Morgan fingerprint density at radius 2 is 1.88 bits per heavy atom. The van der Waals surface area contributed by atoms with Gasteiger partial charge < -0.3 is 5.11 Å². The number of aliphatic carboxylic acids is 1. The van der Waals surface area contributed by atoms with Crippen LogP contribution in [0.3, 0.4) is 0 Å². The van der Waals surface area contributed by atoms with E-state index in [1.54, 1.807) is 0 Å². The lowest BCUT2D eigenvalue weighted by molar-refractivity contribution is -0.148. The van der Waals surface area contributed by atoms with E-state index in [-0.39, 0.29) is 5.56 Å². The zero-order valence-corrected chi connectivity index (χ0v) is 7.91. The van der Waals surface area contributed by atoms with Crippen molar-refractivity contribution < 1.29 is 27.9 Å². The first kappa shape index (κ1) is 12.2. The summed E-state index contributed by atoms with van der Waals surface area (Å²) >= 11 is 0. The molecule has 1 aromatic rings. The standard InChI is InChI=1S/C10H7F3O3/c11-10(12,13)7-3-1-2-6(4-7)5-8(14)9(15)16/h1-4H,5H2,(H,15,16). The van der Waals surface area contributed by atoms with Crippen molar-refractivity contribution in [1.82, 2.24) is 0 Å². The summed E-state index contributed by atoms with van der Waals surface area (Å²) in [5.41, 5.74) is -0.870. The molecular formula is C10H7F3O3. The molecule has 0 aliphatic carbocycles. The summed E-state index contributed by atoms with van der Waals surface area (Å²) in [4.78, 5) is 21.0. The van der Waals surface area contributed by atoms with Crippen molar-refractivity contribution in [2.45, 2.75) is 12.6 Å². The number of halogens is 3. The van der Waals surface area contributed by atoms with E-state index < -0.39 is 29.9 Å². The van der Waals surface area contributed by atoms with Crippen LogP contribution in [0.5, 0.6) is 0 Å². The Hall–Kier alpha value is -1.85. The lowest BCUT2D eigenvalue weighted by atomic mass is 10.1. The number of rotatable bonds is 3. The van der Waals surface area contributed by atoms with E-state index >= 15 is 0 Å². The van der Waals surface area contributed by atoms with Gasteiger partial charge in [-0.05, 0) is 11.6 Å². The number of carbonyl (C=O) groups excluding carboxylic acids is 1. The maximum absolute atomic E-state index is 12.3. The number of carboxylic acids is 1. The fraction of sp³-hybridized carbons (Fsp3) is 0.200. The van der Waals surface area contributed by atoms with Gasteiger partial charge in [-0.3, -0.25) is 4.79 Å². The quantitative estimate of drug-likeness (QED) is 0.810. The molecular weight excluding hydrogens is 225 g/mol. The van der Waals surface area contributed by atoms with Crippen LogP contribution < -0.4 is 0 Å². The van der Waals surface area contributed by atoms with Crippen molar-refractivity contribution in [2.75, 3.05) is 0 Å². The maximum Gasteiger partial charge on any atom is 0.416 e. The molecule has 1 aromatic carbocycles. The Morgan fingerprint density at radius 1 is 1.25 bits per heavy atom. The van der Waals surface area contributed by atoms with Gasteiger partial charge in [0.05, 0.1) is 5.56 Å². The summed E-state index contributed by atoms with van der Waals surface area (Å²) in [6, 6.07) is 4.03. The van der Waals surface area contributed by atoms with Crippen molar-refractivity contribution in [3.63, 3.8) is 0 Å². The molecule has 0 radical (unpaired) electrons. The van der Waals surface area contributed by atoms with Gasteiger partial charge in [0.2, 0.25) is 5.78 Å². The molecule has 0 amide bonds. The molecule has 0 aromatic heterocycles. The molecule has 1 rings (SSSR count). The van der Waals surface area contributed by atoms with Crippen molar-refractivity contribution in [3.05, 3.63) is 35.4 Å². The second-order valence-corrected chi connectivity index (χ2v) is 3.10. The van der Waals surface area contributed by atoms with Gasteiger partial charge >= 0.3 is 12.1 Å². The minimum absolute atomic E-state index is 0.0298. The van der Waals surface area contributed by atoms with Crippen LogP contribution in [0.15, 0.2) is 24.3 Å². The van der Waals surface area contributed by atoms with E-state index in [0.717, 1.165) is 18.2 Å². The SMILES string of the molecule is O=C(O)C(=O)Cc1cccc(C(F)(F)F)c1. The summed E-state index contributed by atoms with van der Waals surface area (Å²) in [6.07, 6.45) is -5.04. The molecule has 0 bridgehead atoms. The Balaban J connectivity index is 2.92. The van der Waals surface area contributed by atoms with E-state index in [1.807, 2.05) is 0 Å². The summed E-state index contributed by atoms with van der Waals surface area (Å²) < 4.78 is 36.8. The van der Waals surface area contributed by atoms with E-state index in [2.05, 4.69) is 0 Å². The smallest absolute Gasteiger partial charge is 0.416 e. The van der Waals surface area contributed by atoms with Gasteiger partial charge in [0.1, 0.15) is 0 Å². The van der Waals surface area contributed by atoms with Crippen LogP contribution >= 0.6 is 0 Å². The summed E-state index contributed by atoms with van der Waals surface area (Å²) in [5, 5.41) is 8.30. The molecule has 0 unspecified atom stereocenters. The number of carbonyl (C=O) groups is 2. The second-order valence-electron chi connectivity index (χ2n) is 3.10. The number of ketones is 1. The maximum atomic E-state index is 12.3. The number of carboxylic acid groups (broad SMARTS) is 1. The molecule has 0 aliphatic heterocycles. The molecule has 0 fully saturated rings. The van der Waals surface area contributed by atoms with Gasteiger partial charge in [-0.15, -0.1) is 0 Å². The van der Waals surface area contributed by atoms with Gasteiger partial charge in [-0.2, -0.15) is 13.2 Å². The Bertz CT molecular complexity index is 424. The third-order valence-corrected chi connectivity index (χ3v) is 1.86. The molecule has 1 N–H and O–H groups in total. The molecule has 3 nitrogen and oxygen atoms in total. The molecule has 0 heterocycles. The number of alkyl halides is 3. The van der Waals surface area contributed by atoms with Crippen molar-refractivity contribution in [1.29, 1.82) is 0 Å². The van der Waals surface area contributed by atoms with Crippen LogP contribution in [0.4, 0.5) is 13.2 Å². The number of benzene rings is 1. The van der Waals surface area contributed by atoms with Crippen molar-refractivity contribution in [2.24, 2.45) is 0 Å². The summed E-state index contributed by atoms with van der Waals surface area (Å²) in [5.74, 6) is -2.79. The molecule has 0 saturated carbocycles. The highest BCUT2D eigenvalue weighted by molar-refractivity contribution is 6.33. The van der Waals surface area contributed by atoms with Gasteiger partial charge in [0.15, 0.2) is 0 Å². The van der Waals surface area contributed by atoms with E-state index in [9.17, 15) is 22.8 Å². The predicted molar refractivity (Wildman–Crippen MR) is 47.8 cm³/mol. The Labute approximate surface area is 88.5 Å². The van der Waals surface area contributed by atoms with Crippen LogP contribution in [0.25, 0.3) is 0 Å². The number of hydrogen-bond acceptors (Lipinski definition) is 2. The molecule has 0 aliphatic rings. The fourth-order valence-electron chi connectivity index (χ4n) is 1.12. The lowest BCUT2D eigenvalue weighted by Crippen LogP contribution is -2.15. The topological polar surface area (TPSA) is 54.4 Å². The molecule has 0 spiro atoms. The van der Waals surface area contributed by atoms with Crippen LogP contribution in [0.1, 0.15) is 11.1 Å². The van der Waals surface area contributed by atoms with Gasteiger partial charge in [-0.1, -0.05) is 18.2 Å². The molecule has 0 atom stereocenters. The van der Waals surface area contributed by atoms with Gasteiger partial charge in [-0.25, -0.2) is 4.79 Å². The average molecular weight is 232 g/mol. The first-order chi connectivity index (χ1) is 7.30. The van der Waals surface area contributed by atoms with E-state index in [0.29, 0.717) is 0 Å². The Morgan fingerprint density at radius 3 is 2.38 bits per heavy atom. The van der Waals surface area contributed by atoms with Crippen LogP contribution in [-0.2, 0) is 22.2 Å². The molecule has 16 heavy (non-hydrogen) atoms. The first-order valence-corrected chi connectivity index (χ1v) is 4.23. The minimum atomic E-state index is -4.50. The van der Waals surface area contributed by atoms with Crippen molar-refractivity contribution in [3.8, 4) is 0 Å². The molecule has 6 heteroatoms. The van der Waals surface area contributed by atoms with Crippen molar-refractivity contribution >= 4 is 11.8 Å². The molecule has 0 saturated heterocycles. The average Bonchev–Trinajstić information content (AvgIpc) is 2.16. The normalized spacial score (nSPS) is 11.2. The summed E-state index contributed by atoms with van der Waals surface area (Å²) in [6.45, 7) is 0. The zero-order valence-electron chi connectivity index (χ0n) is 7.91. The minimum Gasteiger partial charge on any atom is -0.475 e. The van der Waals surface area contributed by atoms with E-state index in [1.165, 1.54) is 6.07 Å². The second kappa shape index (κ2) is 4.34. The summed E-state index contributed by atoms with van der Waals surface area (Å²) in [7, 11) is 0. The highest BCUT2D eigenvalue weighted by Gasteiger charge is 2.30. The predicted octanol–water partition coefficient (Wildman–Crippen LogP) is 1.90. The zero-order chi connectivity index (χ0) is 12.3.